The lowest BCUT2D eigenvalue weighted by Crippen LogP contribution is -2.21. The van der Waals surface area contributed by atoms with Crippen molar-refractivity contribution in [2.75, 3.05) is 36.2 Å². The standard InChI is InChI=1S/C16H18ClN3O/c1-20(2)15-9-7-14(8-10-15)19-16(21)11-18-13-5-3-12(17)4-6-13/h3-10,18H,11H2,1-2H3,(H,19,21). The molecule has 0 heterocycles. The Morgan fingerprint density at radius 3 is 2.14 bits per heavy atom. The van der Waals surface area contributed by atoms with Gasteiger partial charge in [0.2, 0.25) is 5.91 Å². The smallest absolute Gasteiger partial charge is 0.243 e. The lowest BCUT2D eigenvalue weighted by Gasteiger charge is -2.13. The highest BCUT2D eigenvalue weighted by Gasteiger charge is 2.03. The Morgan fingerprint density at radius 1 is 1.00 bits per heavy atom. The van der Waals surface area contributed by atoms with Crippen molar-refractivity contribution in [2.45, 2.75) is 0 Å². The Balaban J connectivity index is 1.85. The average molecular weight is 304 g/mol. The largest absolute Gasteiger partial charge is 0.378 e. The second-order valence-electron chi connectivity index (χ2n) is 4.85. The van der Waals surface area contributed by atoms with Gasteiger partial charge in [0.25, 0.3) is 0 Å². The second kappa shape index (κ2) is 6.99. The topological polar surface area (TPSA) is 44.4 Å². The summed E-state index contributed by atoms with van der Waals surface area (Å²) in [6.45, 7) is 0.205. The Kier molecular flexibility index (Phi) is 5.06. The van der Waals surface area contributed by atoms with Gasteiger partial charge in [-0.25, -0.2) is 0 Å². The van der Waals surface area contributed by atoms with Crippen molar-refractivity contribution in [2.24, 2.45) is 0 Å². The predicted molar refractivity (Wildman–Crippen MR) is 89.3 cm³/mol. The van der Waals surface area contributed by atoms with Crippen LogP contribution < -0.4 is 15.5 Å². The summed E-state index contributed by atoms with van der Waals surface area (Å²) >= 11 is 5.81. The lowest BCUT2D eigenvalue weighted by atomic mass is 10.2. The summed E-state index contributed by atoms with van der Waals surface area (Å²) in [5.74, 6) is -0.0949. The average Bonchev–Trinajstić information content (AvgIpc) is 2.47. The predicted octanol–water partition coefficient (Wildman–Crippen LogP) is 3.46. The molecule has 0 aliphatic heterocycles. The molecule has 5 heteroatoms. The minimum Gasteiger partial charge on any atom is -0.378 e. The van der Waals surface area contributed by atoms with Crippen molar-refractivity contribution in [3.63, 3.8) is 0 Å². The molecule has 0 saturated heterocycles. The summed E-state index contributed by atoms with van der Waals surface area (Å²) in [6, 6.07) is 14.9. The fraction of sp³-hybridized carbons (Fsp3) is 0.188. The van der Waals surface area contributed by atoms with Gasteiger partial charge in [0.05, 0.1) is 6.54 Å². The zero-order valence-electron chi connectivity index (χ0n) is 12.1. The minimum absolute atomic E-state index is 0.0949. The molecular formula is C16H18ClN3O. The quantitative estimate of drug-likeness (QED) is 0.889. The molecule has 0 radical (unpaired) electrons. The summed E-state index contributed by atoms with van der Waals surface area (Å²) in [6.07, 6.45) is 0. The molecule has 0 saturated carbocycles. The van der Waals surface area contributed by atoms with E-state index in [1.165, 1.54) is 0 Å². The molecule has 0 bridgehead atoms. The number of hydrogen-bond acceptors (Lipinski definition) is 3. The van der Waals surface area contributed by atoms with Gasteiger partial charge in [-0.15, -0.1) is 0 Å². The van der Waals surface area contributed by atoms with Crippen LogP contribution in [0.3, 0.4) is 0 Å². The molecule has 0 atom stereocenters. The first kappa shape index (κ1) is 15.2. The summed E-state index contributed by atoms with van der Waals surface area (Å²) in [7, 11) is 3.95. The number of nitrogens with zero attached hydrogens (tertiary/aromatic N) is 1. The third-order valence-electron chi connectivity index (χ3n) is 2.96. The molecule has 0 unspecified atom stereocenters. The van der Waals surface area contributed by atoms with E-state index in [0.717, 1.165) is 17.1 Å². The maximum absolute atomic E-state index is 11.9. The van der Waals surface area contributed by atoms with E-state index >= 15 is 0 Å². The third kappa shape index (κ3) is 4.68. The van der Waals surface area contributed by atoms with Gasteiger partial charge in [-0.2, -0.15) is 0 Å². The van der Waals surface area contributed by atoms with Crippen molar-refractivity contribution in [3.05, 3.63) is 53.6 Å². The number of carbonyl (C=O) groups excluding carboxylic acids is 1. The summed E-state index contributed by atoms with van der Waals surface area (Å²) < 4.78 is 0. The van der Waals surface area contributed by atoms with Crippen molar-refractivity contribution in [3.8, 4) is 0 Å². The Labute approximate surface area is 129 Å². The van der Waals surface area contributed by atoms with Crippen LogP contribution in [0.4, 0.5) is 17.1 Å². The molecule has 110 valence electrons. The number of halogens is 1. The molecule has 2 aromatic carbocycles. The lowest BCUT2D eigenvalue weighted by molar-refractivity contribution is -0.114. The SMILES string of the molecule is CN(C)c1ccc(NC(=O)CNc2ccc(Cl)cc2)cc1. The van der Waals surface area contributed by atoms with Crippen molar-refractivity contribution in [1.29, 1.82) is 0 Å². The van der Waals surface area contributed by atoms with Gasteiger partial charge in [0.15, 0.2) is 0 Å². The number of nitrogens with one attached hydrogen (secondary N) is 2. The number of rotatable bonds is 5. The van der Waals surface area contributed by atoms with Crippen LogP contribution in [0.2, 0.25) is 5.02 Å². The molecule has 21 heavy (non-hydrogen) atoms. The van der Waals surface area contributed by atoms with Crippen molar-refractivity contribution < 1.29 is 4.79 Å². The van der Waals surface area contributed by atoms with Crippen LogP contribution in [0.1, 0.15) is 0 Å². The first-order valence-electron chi connectivity index (χ1n) is 6.61. The number of anilines is 3. The van der Waals surface area contributed by atoms with Crippen LogP contribution in [-0.4, -0.2) is 26.5 Å². The second-order valence-corrected chi connectivity index (χ2v) is 5.29. The van der Waals surface area contributed by atoms with Gasteiger partial charge in [-0.05, 0) is 48.5 Å². The highest BCUT2D eigenvalue weighted by Crippen LogP contribution is 2.16. The molecule has 4 nitrogen and oxygen atoms in total. The van der Waals surface area contributed by atoms with Gasteiger partial charge in [0.1, 0.15) is 0 Å². The van der Waals surface area contributed by atoms with Crippen molar-refractivity contribution >= 4 is 34.6 Å². The molecule has 2 rings (SSSR count). The van der Waals surface area contributed by atoms with Crippen LogP contribution in [0, 0.1) is 0 Å². The zero-order valence-corrected chi connectivity index (χ0v) is 12.8. The van der Waals surface area contributed by atoms with Crippen molar-refractivity contribution in [1.82, 2.24) is 0 Å². The van der Waals surface area contributed by atoms with Crippen LogP contribution >= 0.6 is 11.6 Å². The summed E-state index contributed by atoms with van der Waals surface area (Å²) in [4.78, 5) is 13.9. The van der Waals surface area contributed by atoms with Crippen LogP contribution in [0.5, 0.6) is 0 Å². The third-order valence-corrected chi connectivity index (χ3v) is 3.22. The monoisotopic (exact) mass is 303 g/mol. The van der Waals surface area contributed by atoms with E-state index in [1.807, 2.05) is 55.4 Å². The number of benzene rings is 2. The molecule has 1 amide bonds. The Morgan fingerprint density at radius 2 is 1.57 bits per heavy atom. The van der Waals surface area contributed by atoms with Crippen LogP contribution in [0.15, 0.2) is 48.5 Å². The van der Waals surface area contributed by atoms with Gasteiger partial charge in [0, 0.05) is 36.2 Å². The van der Waals surface area contributed by atoms with E-state index in [-0.39, 0.29) is 12.5 Å². The molecule has 0 fully saturated rings. The maximum Gasteiger partial charge on any atom is 0.243 e. The summed E-state index contributed by atoms with van der Waals surface area (Å²) in [5, 5.41) is 6.56. The van der Waals surface area contributed by atoms with Crippen LogP contribution in [-0.2, 0) is 4.79 Å². The first-order chi connectivity index (χ1) is 10.0. The molecule has 2 aromatic rings. The maximum atomic E-state index is 11.9. The van der Waals surface area contributed by atoms with Gasteiger partial charge < -0.3 is 15.5 Å². The van der Waals surface area contributed by atoms with E-state index in [0.29, 0.717) is 5.02 Å². The van der Waals surface area contributed by atoms with E-state index in [1.54, 1.807) is 12.1 Å². The van der Waals surface area contributed by atoms with E-state index in [2.05, 4.69) is 10.6 Å². The Hall–Kier alpha value is -2.20. The number of amides is 1. The fourth-order valence-electron chi connectivity index (χ4n) is 1.80. The normalized spacial score (nSPS) is 10.0. The zero-order chi connectivity index (χ0) is 15.2. The van der Waals surface area contributed by atoms with E-state index < -0.39 is 0 Å². The fourth-order valence-corrected chi connectivity index (χ4v) is 1.92. The highest BCUT2D eigenvalue weighted by atomic mass is 35.5. The highest BCUT2D eigenvalue weighted by molar-refractivity contribution is 6.30. The van der Waals surface area contributed by atoms with E-state index in [9.17, 15) is 4.79 Å². The van der Waals surface area contributed by atoms with Crippen LogP contribution in [0.25, 0.3) is 0 Å². The minimum atomic E-state index is -0.0949. The molecule has 0 spiro atoms. The molecular weight excluding hydrogens is 286 g/mol. The number of hydrogen-bond donors (Lipinski definition) is 2. The van der Waals surface area contributed by atoms with Gasteiger partial charge in [-0.1, -0.05) is 11.6 Å². The Bertz CT molecular complexity index is 594. The summed E-state index contributed by atoms with van der Waals surface area (Å²) in [5.41, 5.74) is 2.73. The van der Waals surface area contributed by atoms with Gasteiger partial charge in [-0.3, -0.25) is 4.79 Å². The first-order valence-corrected chi connectivity index (χ1v) is 6.99. The van der Waals surface area contributed by atoms with Gasteiger partial charge >= 0.3 is 0 Å². The number of carbonyl (C=O) groups is 1. The molecule has 0 aliphatic carbocycles. The molecule has 0 aliphatic rings. The molecule has 2 N–H and O–H groups in total. The molecule has 0 aromatic heterocycles. The van der Waals surface area contributed by atoms with E-state index in [4.69, 9.17) is 11.6 Å².